The van der Waals surface area contributed by atoms with Crippen LogP contribution < -0.4 is 21.1 Å². The van der Waals surface area contributed by atoms with Crippen molar-refractivity contribution >= 4 is 46.1 Å². The fourth-order valence-corrected chi connectivity index (χ4v) is 6.27. The van der Waals surface area contributed by atoms with Crippen molar-refractivity contribution < 1.29 is 8.95 Å². The molecule has 4 rings (SSSR count). The summed E-state index contributed by atoms with van der Waals surface area (Å²) >= 11 is 6.45. The molecular weight excluding hydrogens is 558 g/mol. The van der Waals surface area contributed by atoms with Crippen LogP contribution in [0.4, 0.5) is 17.5 Å². The minimum Gasteiger partial charge on any atom is -0.488 e. The lowest BCUT2D eigenvalue weighted by Gasteiger charge is -2.35. The van der Waals surface area contributed by atoms with Crippen LogP contribution in [0, 0.1) is 12.8 Å². The van der Waals surface area contributed by atoms with Gasteiger partial charge in [0.05, 0.1) is 34.5 Å². The molecule has 2 aromatic rings. The van der Waals surface area contributed by atoms with E-state index in [1.54, 1.807) is 7.05 Å². The zero-order chi connectivity index (χ0) is 29.7. The van der Waals surface area contributed by atoms with E-state index in [-0.39, 0.29) is 17.1 Å². The molecule has 1 saturated heterocycles. The lowest BCUT2D eigenvalue weighted by atomic mass is 9.86. The van der Waals surface area contributed by atoms with Gasteiger partial charge in [-0.15, -0.1) is 0 Å². The van der Waals surface area contributed by atoms with Crippen molar-refractivity contribution in [2.75, 3.05) is 36.5 Å². The Morgan fingerprint density at radius 2 is 1.95 bits per heavy atom. The monoisotopic (exact) mass is 601 g/mol. The molecule has 1 aromatic carbocycles. The topological polar surface area (TPSA) is 118 Å². The number of benzene rings is 1. The standard InChI is InChI=1S/C30H44ClN7O2S/c1-18(2)17-41(39)28(32)26(16-33-6)35-29-24(31)15-34-30(37-29)36-25-13-20(5)23(14-27(25)40-22-7-8-22)21-9-11-38(12-10-21)19(3)4/h13-16,18-19,21-22H,7-12,17,32H2,1-6H3,(H2,34,35,36,37). The molecule has 1 atom stereocenters. The third-order valence-corrected chi connectivity index (χ3v) is 9.34. The van der Waals surface area contributed by atoms with Gasteiger partial charge >= 0.3 is 0 Å². The number of likely N-dealkylation sites (tertiary alicyclic amines) is 1. The number of piperidine rings is 1. The SMILES string of the molecule is CN=CC(Nc1nc(Nc2cc(C)c(C3CCN(C(C)C)CC3)cc2OC2CC2)ncc1Cl)=C(N)S(=O)CC(C)C. The predicted octanol–water partition coefficient (Wildman–Crippen LogP) is 5.96. The molecule has 0 amide bonds. The molecule has 4 N–H and O–H groups in total. The van der Waals surface area contributed by atoms with Crippen molar-refractivity contribution in [1.29, 1.82) is 0 Å². The first-order valence-corrected chi connectivity index (χ1v) is 16.2. The highest BCUT2D eigenvalue weighted by atomic mass is 35.5. The van der Waals surface area contributed by atoms with Crippen molar-refractivity contribution in [2.45, 2.75) is 78.4 Å². The van der Waals surface area contributed by atoms with E-state index in [2.05, 4.69) is 63.4 Å². The van der Waals surface area contributed by atoms with Crippen LogP contribution in [-0.2, 0) is 10.8 Å². The highest BCUT2D eigenvalue weighted by Gasteiger charge is 2.28. The van der Waals surface area contributed by atoms with Gasteiger partial charge in [0, 0.05) is 25.1 Å². The van der Waals surface area contributed by atoms with Crippen LogP contribution in [0.2, 0.25) is 5.02 Å². The number of anilines is 3. The second-order valence-corrected chi connectivity index (χ2v) is 13.5. The molecule has 0 bridgehead atoms. The quantitative estimate of drug-likeness (QED) is 0.255. The summed E-state index contributed by atoms with van der Waals surface area (Å²) in [5, 5.41) is 6.96. The molecule has 11 heteroatoms. The summed E-state index contributed by atoms with van der Waals surface area (Å²) in [7, 11) is 0.245. The van der Waals surface area contributed by atoms with Gasteiger partial charge in [0.2, 0.25) is 5.95 Å². The Morgan fingerprint density at radius 3 is 2.56 bits per heavy atom. The summed E-state index contributed by atoms with van der Waals surface area (Å²) in [6.07, 6.45) is 7.70. The maximum atomic E-state index is 12.7. The number of hydrogen-bond donors (Lipinski definition) is 3. The number of aryl methyl sites for hydroxylation is 1. The zero-order valence-corrected chi connectivity index (χ0v) is 26.6. The highest BCUT2D eigenvalue weighted by molar-refractivity contribution is 7.88. The van der Waals surface area contributed by atoms with E-state index in [9.17, 15) is 4.21 Å². The summed E-state index contributed by atoms with van der Waals surface area (Å²) in [6, 6.07) is 4.93. The first-order valence-electron chi connectivity index (χ1n) is 14.5. The van der Waals surface area contributed by atoms with Gasteiger partial charge in [-0.05, 0) is 94.6 Å². The van der Waals surface area contributed by atoms with E-state index < -0.39 is 10.8 Å². The molecule has 224 valence electrons. The summed E-state index contributed by atoms with van der Waals surface area (Å²) < 4.78 is 19.1. The van der Waals surface area contributed by atoms with Crippen molar-refractivity contribution in [3.8, 4) is 5.75 Å². The lowest BCUT2D eigenvalue weighted by molar-refractivity contribution is 0.171. The van der Waals surface area contributed by atoms with E-state index in [1.807, 2.05) is 13.8 Å². The number of allylic oxidation sites excluding steroid dienone is 1. The van der Waals surface area contributed by atoms with E-state index >= 15 is 0 Å². The molecule has 1 saturated carbocycles. The maximum Gasteiger partial charge on any atom is 0.229 e. The molecule has 9 nitrogen and oxygen atoms in total. The Hall–Kier alpha value is -2.69. The number of nitrogens with one attached hydrogen (secondary N) is 2. The Labute approximate surface area is 251 Å². The molecule has 0 spiro atoms. The molecule has 1 unspecified atom stereocenters. The molecule has 2 heterocycles. The van der Waals surface area contributed by atoms with Gasteiger partial charge in [0.25, 0.3) is 0 Å². The second-order valence-electron chi connectivity index (χ2n) is 11.6. The first kappa shape index (κ1) is 31.3. The number of rotatable bonds is 12. The molecule has 41 heavy (non-hydrogen) atoms. The molecule has 1 aromatic heterocycles. The molecule has 0 radical (unpaired) electrons. The predicted molar refractivity (Wildman–Crippen MR) is 171 cm³/mol. The van der Waals surface area contributed by atoms with Crippen molar-refractivity contribution in [2.24, 2.45) is 16.6 Å². The second kappa shape index (κ2) is 14.0. The average Bonchev–Trinajstić information content (AvgIpc) is 3.75. The van der Waals surface area contributed by atoms with Gasteiger partial charge < -0.3 is 26.0 Å². The smallest absolute Gasteiger partial charge is 0.229 e. The van der Waals surface area contributed by atoms with Crippen LogP contribution in [0.25, 0.3) is 0 Å². The normalized spacial score (nSPS) is 18.2. The number of ether oxygens (including phenoxy) is 1. The number of aliphatic imine (C=N–C) groups is 1. The van der Waals surface area contributed by atoms with Crippen LogP contribution in [0.3, 0.4) is 0 Å². The van der Waals surface area contributed by atoms with Gasteiger partial charge in [0.1, 0.15) is 15.8 Å². The zero-order valence-electron chi connectivity index (χ0n) is 25.0. The largest absolute Gasteiger partial charge is 0.488 e. The fourth-order valence-electron chi connectivity index (χ4n) is 5.00. The van der Waals surface area contributed by atoms with Crippen LogP contribution in [-0.4, -0.2) is 63.3 Å². The number of halogens is 1. The summed E-state index contributed by atoms with van der Waals surface area (Å²) in [6.45, 7) is 12.9. The average molecular weight is 602 g/mol. The van der Waals surface area contributed by atoms with Crippen LogP contribution in [0.5, 0.6) is 5.75 Å². The van der Waals surface area contributed by atoms with Gasteiger partial charge in [-0.25, -0.2) is 4.98 Å². The number of nitrogens with two attached hydrogens (primary N) is 1. The third-order valence-electron chi connectivity index (χ3n) is 7.38. The van der Waals surface area contributed by atoms with Crippen LogP contribution in [0.1, 0.15) is 70.4 Å². The van der Waals surface area contributed by atoms with Gasteiger partial charge in [-0.1, -0.05) is 25.4 Å². The van der Waals surface area contributed by atoms with Gasteiger partial charge in [-0.2, -0.15) is 4.98 Å². The molecule has 2 fully saturated rings. The van der Waals surface area contributed by atoms with E-state index in [0.29, 0.717) is 40.2 Å². The maximum absolute atomic E-state index is 12.7. The molecule has 2 aliphatic rings. The Balaban J connectivity index is 1.59. The minimum absolute atomic E-state index is 0.194. The lowest BCUT2D eigenvalue weighted by Crippen LogP contribution is -2.37. The first-order chi connectivity index (χ1) is 19.5. The van der Waals surface area contributed by atoms with Crippen LogP contribution >= 0.6 is 11.6 Å². The summed E-state index contributed by atoms with van der Waals surface area (Å²) in [5.74, 6) is 2.68. The van der Waals surface area contributed by atoms with Gasteiger partial charge in [0.15, 0.2) is 5.82 Å². The van der Waals surface area contributed by atoms with E-state index in [4.69, 9.17) is 22.1 Å². The summed E-state index contributed by atoms with van der Waals surface area (Å²) in [5.41, 5.74) is 10.0. The summed E-state index contributed by atoms with van der Waals surface area (Å²) in [4.78, 5) is 15.7. The molecule has 1 aliphatic carbocycles. The molecule has 1 aliphatic heterocycles. The van der Waals surface area contributed by atoms with Crippen molar-refractivity contribution in [3.05, 3.63) is 45.2 Å². The highest BCUT2D eigenvalue weighted by Crippen LogP contribution is 2.40. The van der Waals surface area contributed by atoms with Gasteiger partial charge in [-0.3, -0.25) is 9.20 Å². The van der Waals surface area contributed by atoms with Crippen molar-refractivity contribution in [1.82, 2.24) is 14.9 Å². The number of aromatic nitrogens is 2. The number of nitrogens with zero attached hydrogens (tertiary/aromatic N) is 4. The number of hydrogen-bond acceptors (Lipinski definition) is 9. The Kier molecular flexibility index (Phi) is 10.7. The molecular formula is C30H44ClN7O2S. The Morgan fingerprint density at radius 1 is 1.24 bits per heavy atom. The van der Waals surface area contributed by atoms with Crippen LogP contribution in [0.15, 0.2) is 34.0 Å². The minimum atomic E-state index is -1.38. The van der Waals surface area contributed by atoms with E-state index in [0.717, 1.165) is 50.2 Å². The van der Waals surface area contributed by atoms with Crippen molar-refractivity contribution in [3.63, 3.8) is 0 Å². The Bertz CT molecular complexity index is 1300. The fraction of sp³-hybridized carbons (Fsp3) is 0.567. The van der Waals surface area contributed by atoms with E-state index in [1.165, 1.54) is 23.5 Å². The third kappa shape index (κ3) is 8.42.